The quantitative estimate of drug-likeness (QED) is 0.449. The number of nitrogens with zero attached hydrogens (tertiary/aromatic N) is 5. The van der Waals surface area contributed by atoms with Crippen LogP contribution in [0.2, 0.25) is 5.02 Å². The second kappa shape index (κ2) is 7.28. The summed E-state index contributed by atoms with van der Waals surface area (Å²) in [5.41, 5.74) is 3.21. The molecule has 0 N–H and O–H groups in total. The highest BCUT2D eigenvalue weighted by Crippen LogP contribution is 2.33. The largest absolute Gasteiger partial charge is 0.436 e. The Bertz CT molecular complexity index is 1170. The molecule has 0 fully saturated rings. The van der Waals surface area contributed by atoms with E-state index in [1.54, 1.807) is 16.7 Å². The molecule has 4 heterocycles. The minimum Gasteiger partial charge on any atom is -0.436 e. The lowest BCUT2D eigenvalue weighted by atomic mass is 10.0. The Balaban J connectivity index is 1.28. The molecule has 0 amide bonds. The predicted molar refractivity (Wildman–Crippen MR) is 112 cm³/mol. The third kappa shape index (κ3) is 3.75. The number of aromatic nitrogens is 3. The van der Waals surface area contributed by atoms with E-state index in [9.17, 15) is 14.5 Å². The Kier molecular flexibility index (Phi) is 4.67. The third-order valence-electron chi connectivity index (χ3n) is 5.66. The third-order valence-corrected chi connectivity index (χ3v) is 5.95. The maximum Gasteiger partial charge on any atom is 0.415 e. The molecule has 0 saturated heterocycles. The average molecular weight is 444 g/mol. The number of benzene rings is 1. The van der Waals surface area contributed by atoms with Gasteiger partial charge in [-0.15, -0.1) is 0 Å². The summed E-state index contributed by atoms with van der Waals surface area (Å²) in [5.74, 6) is -0.647. The highest BCUT2D eigenvalue weighted by atomic mass is 35.5. The van der Waals surface area contributed by atoms with Crippen LogP contribution in [0, 0.1) is 15.9 Å². The van der Waals surface area contributed by atoms with Crippen molar-refractivity contribution in [3.05, 3.63) is 68.7 Å². The molecule has 1 aromatic carbocycles. The Hall–Kier alpha value is -3.04. The predicted octanol–water partition coefficient (Wildman–Crippen LogP) is 3.86. The second-order valence-electron chi connectivity index (χ2n) is 8.21. The number of hydrogen-bond donors (Lipinski definition) is 0. The summed E-state index contributed by atoms with van der Waals surface area (Å²) in [5, 5.41) is 11.0. The van der Waals surface area contributed by atoms with E-state index in [4.69, 9.17) is 21.3 Å². The van der Waals surface area contributed by atoms with Crippen molar-refractivity contribution in [2.75, 3.05) is 13.1 Å². The van der Waals surface area contributed by atoms with Crippen molar-refractivity contribution in [1.82, 2.24) is 19.4 Å². The van der Waals surface area contributed by atoms with E-state index in [0.717, 1.165) is 42.0 Å². The topological polar surface area (TPSA) is 86.3 Å². The van der Waals surface area contributed by atoms with Gasteiger partial charge in [0, 0.05) is 42.3 Å². The summed E-state index contributed by atoms with van der Waals surface area (Å²) in [6, 6.07) is 8.88. The molecule has 0 bridgehead atoms. The fourth-order valence-corrected chi connectivity index (χ4v) is 4.44. The molecule has 0 aliphatic carbocycles. The van der Waals surface area contributed by atoms with E-state index in [2.05, 4.69) is 9.88 Å². The van der Waals surface area contributed by atoms with Crippen molar-refractivity contribution in [2.24, 2.45) is 0 Å². The maximum atomic E-state index is 13.4. The van der Waals surface area contributed by atoms with Gasteiger partial charge in [-0.1, -0.05) is 17.7 Å². The molecule has 160 valence electrons. The lowest BCUT2D eigenvalue weighted by Crippen LogP contribution is -2.46. The average Bonchev–Trinajstić information content (AvgIpc) is 3.24. The minimum atomic E-state index is -0.519. The standard InChI is InChI=1S/C21H19ClFN5O3/c1-21(12-27-10-19(28(29)30)25-20(27)31-21)11-26-7-6-18-14(9-26)3-5-17(24-18)13-2-4-16(23)15(22)8-13/h2-5,8,10H,6-7,9,11-12H2,1H3. The first-order valence-electron chi connectivity index (χ1n) is 9.87. The van der Waals surface area contributed by atoms with Gasteiger partial charge in [0.15, 0.2) is 0 Å². The monoisotopic (exact) mass is 443 g/mol. The van der Waals surface area contributed by atoms with Gasteiger partial charge in [0.25, 0.3) is 0 Å². The van der Waals surface area contributed by atoms with Crippen LogP contribution in [0.25, 0.3) is 11.3 Å². The molecule has 0 saturated carbocycles. The van der Waals surface area contributed by atoms with Crippen molar-refractivity contribution in [1.29, 1.82) is 0 Å². The summed E-state index contributed by atoms with van der Waals surface area (Å²) in [7, 11) is 0. The SMILES string of the molecule is CC1(CN2CCc3nc(-c4ccc(F)c(Cl)c4)ccc3C2)Cn2cc([N+](=O)[O-])nc2O1. The van der Waals surface area contributed by atoms with Gasteiger partial charge >= 0.3 is 11.8 Å². The van der Waals surface area contributed by atoms with Crippen LogP contribution >= 0.6 is 11.6 Å². The van der Waals surface area contributed by atoms with Crippen LogP contribution < -0.4 is 4.74 Å². The van der Waals surface area contributed by atoms with Crippen LogP contribution in [0.15, 0.2) is 36.5 Å². The molecule has 10 heteroatoms. The van der Waals surface area contributed by atoms with Gasteiger partial charge < -0.3 is 14.9 Å². The fraction of sp³-hybridized carbons (Fsp3) is 0.333. The molecule has 31 heavy (non-hydrogen) atoms. The van der Waals surface area contributed by atoms with Crippen molar-refractivity contribution >= 4 is 17.4 Å². The summed E-state index contributed by atoms with van der Waals surface area (Å²) in [6.45, 7) is 4.71. The highest BCUT2D eigenvalue weighted by Gasteiger charge is 2.41. The molecule has 3 aromatic rings. The number of hydrogen-bond acceptors (Lipinski definition) is 6. The second-order valence-corrected chi connectivity index (χ2v) is 8.62. The molecule has 0 spiro atoms. The first-order chi connectivity index (χ1) is 14.8. The first-order valence-corrected chi connectivity index (χ1v) is 10.2. The lowest BCUT2D eigenvalue weighted by molar-refractivity contribution is -0.389. The first kappa shape index (κ1) is 19.9. The van der Waals surface area contributed by atoms with E-state index in [1.807, 2.05) is 19.1 Å². The van der Waals surface area contributed by atoms with E-state index >= 15 is 0 Å². The number of ether oxygens (including phenoxy) is 1. The molecule has 1 unspecified atom stereocenters. The van der Waals surface area contributed by atoms with Crippen molar-refractivity contribution in [3.63, 3.8) is 0 Å². The summed E-state index contributed by atoms with van der Waals surface area (Å²) in [6.07, 6.45) is 2.20. The Morgan fingerprint density at radius 3 is 2.90 bits per heavy atom. The number of imidazole rings is 1. The van der Waals surface area contributed by atoms with Crippen LogP contribution in [0.4, 0.5) is 10.2 Å². The number of rotatable bonds is 4. The molecular formula is C21H19ClFN5O3. The Morgan fingerprint density at radius 2 is 2.16 bits per heavy atom. The minimum absolute atomic E-state index is 0.0818. The van der Waals surface area contributed by atoms with Gasteiger partial charge in [-0.2, -0.15) is 0 Å². The van der Waals surface area contributed by atoms with Gasteiger partial charge in [0.1, 0.15) is 17.6 Å². The molecule has 0 radical (unpaired) electrons. The number of fused-ring (bicyclic) bond motifs is 2. The van der Waals surface area contributed by atoms with E-state index in [0.29, 0.717) is 13.1 Å². The van der Waals surface area contributed by atoms with Gasteiger partial charge in [-0.05, 0) is 41.7 Å². The van der Waals surface area contributed by atoms with Gasteiger partial charge in [-0.3, -0.25) is 14.5 Å². The molecule has 2 aromatic heterocycles. The molecule has 1 atom stereocenters. The molecule has 8 nitrogen and oxygen atoms in total. The van der Waals surface area contributed by atoms with Crippen molar-refractivity contribution in [3.8, 4) is 17.3 Å². The smallest absolute Gasteiger partial charge is 0.415 e. The molecular weight excluding hydrogens is 425 g/mol. The maximum absolute atomic E-state index is 13.4. The van der Waals surface area contributed by atoms with Gasteiger partial charge in [-0.25, -0.2) is 4.39 Å². The Morgan fingerprint density at radius 1 is 1.32 bits per heavy atom. The zero-order valence-corrected chi connectivity index (χ0v) is 17.5. The summed E-state index contributed by atoms with van der Waals surface area (Å²) >= 11 is 5.91. The van der Waals surface area contributed by atoms with Crippen LogP contribution in [-0.2, 0) is 19.5 Å². The highest BCUT2D eigenvalue weighted by molar-refractivity contribution is 6.31. The molecule has 5 rings (SSSR count). The normalized spacial score (nSPS) is 20.2. The number of pyridine rings is 1. The number of halogens is 2. The van der Waals surface area contributed by atoms with Crippen LogP contribution in [0.5, 0.6) is 6.01 Å². The Labute approximate surface area is 182 Å². The van der Waals surface area contributed by atoms with E-state index < -0.39 is 16.3 Å². The summed E-state index contributed by atoms with van der Waals surface area (Å²) < 4.78 is 21.1. The van der Waals surface area contributed by atoms with Crippen LogP contribution in [0.1, 0.15) is 18.2 Å². The zero-order chi connectivity index (χ0) is 21.8. The van der Waals surface area contributed by atoms with Gasteiger partial charge in [0.2, 0.25) is 0 Å². The van der Waals surface area contributed by atoms with Crippen LogP contribution in [-0.4, -0.2) is 43.0 Å². The molecule has 2 aliphatic rings. The van der Waals surface area contributed by atoms with E-state index in [1.165, 1.54) is 12.3 Å². The zero-order valence-electron chi connectivity index (χ0n) is 16.7. The molecule has 2 aliphatic heterocycles. The van der Waals surface area contributed by atoms with Crippen LogP contribution in [0.3, 0.4) is 0 Å². The van der Waals surface area contributed by atoms with E-state index in [-0.39, 0.29) is 16.9 Å². The number of nitro groups is 1. The fourth-order valence-electron chi connectivity index (χ4n) is 4.26. The van der Waals surface area contributed by atoms with Crippen molar-refractivity contribution < 1.29 is 14.1 Å². The van der Waals surface area contributed by atoms with Gasteiger partial charge in [0.05, 0.1) is 17.3 Å². The lowest BCUT2D eigenvalue weighted by Gasteiger charge is -2.34. The van der Waals surface area contributed by atoms with Crippen molar-refractivity contribution in [2.45, 2.75) is 32.0 Å². The summed E-state index contributed by atoms with van der Waals surface area (Å²) in [4.78, 5) is 21.4.